The number of rotatable bonds is 3. The summed E-state index contributed by atoms with van der Waals surface area (Å²) in [6.45, 7) is 0.766. The lowest BCUT2D eigenvalue weighted by atomic mass is 9.71. The molecule has 0 saturated carbocycles. The van der Waals surface area contributed by atoms with E-state index in [2.05, 4.69) is 5.92 Å². The summed E-state index contributed by atoms with van der Waals surface area (Å²) in [6, 6.07) is 0. The summed E-state index contributed by atoms with van der Waals surface area (Å²) in [4.78, 5) is 0. The van der Waals surface area contributed by atoms with Crippen molar-refractivity contribution >= 4 is 7.28 Å². The van der Waals surface area contributed by atoms with E-state index < -0.39 is 0 Å². The van der Waals surface area contributed by atoms with Gasteiger partial charge in [-0.15, -0.1) is 12.3 Å². The highest BCUT2D eigenvalue weighted by atomic mass is 14.5. The highest BCUT2D eigenvalue weighted by Gasteiger charge is 1.81. The highest BCUT2D eigenvalue weighted by molar-refractivity contribution is 6.36. The Morgan fingerprint density at radius 2 is 2.43 bits per heavy atom. The summed E-state index contributed by atoms with van der Waals surface area (Å²) in [7, 11) is 1.08. The van der Waals surface area contributed by atoms with Gasteiger partial charge in [0.25, 0.3) is 0 Å². The van der Waals surface area contributed by atoms with Crippen LogP contribution in [0.25, 0.3) is 0 Å². The maximum Gasteiger partial charge on any atom is 0.136 e. The molecule has 0 rings (SSSR count). The summed E-state index contributed by atoms with van der Waals surface area (Å²) >= 11 is 0. The Bertz CT molecular complexity index is 65.0. The molecule has 2 heteroatoms. The number of terminal acetylenes is 1. The molecular weight excluding hydrogens is 84.9 g/mol. The first-order valence-electron chi connectivity index (χ1n) is 2.55. The van der Waals surface area contributed by atoms with E-state index in [4.69, 9.17) is 12.2 Å². The van der Waals surface area contributed by atoms with Gasteiger partial charge in [0.15, 0.2) is 0 Å². The first-order valence-corrected chi connectivity index (χ1v) is 2.55. The van der Waals surface area contributed by atoms with Crippen molar-refractivity contribution in [2.24, 2.45) is 5.73 Å². The van der Waals surface area contributed by atoms with Gasteiger partial charge in [-0.25, -0.2) is 0 Å². The first kappa shape index (κ1) is 6.58. The second-order valence-electron chi connectivity index (χ2n) is 1.45. The van der Waals surface area contributed by atoms with Crippen molar-refractivity contribution < 1.29 is 0 Å². The Morgan fingerprint density at radius 1 is 1.71 bits per heavy atom. The van der Waals surface area contributed by atoms with Gasteiger partial charge in [-0.3, -0.25) is 0 Å². The van der Waals surface area contributed by atoms with Gasteiger partial charge in [0.05, 0.1) is 0 Å². The third-order valence-corrected chi connectivity index (χ3v) is 0.775. The van der Waals surface area contributed by atoms with E-state index in [1.54, 1.807) is 0 Å². The molecule has 0 fully saturated rings. The molecule has 0 heterocycles. The number of hydrogen-bond donors (Lipinski definition) is 1. The summed E-state index contributed by atoms with van der Waals surface area (Å²) in [5.74, 6) is 2.55. The molecule has 1 nitrogen and oxygen atoms in total. The molecule has 38 valence electrons. The van der Waals surface area contributed by atoms with E-state index >= 15 is 0 Å². The van der Waals surface area contributed by atoms with Crippen molar-refractivity contribution in [1.29, 1.82) is 0 Å². The normalized spacial score (nSPS) is 7.43. The molecule has 0 aliphatic rings. The van der Waals surface area contributed by atoms with Gasteiger partial charge in [-0.05, 0) is 12.9 Å². The molecule has 0 saturated heterocycles. The fourth-order valence-corrected chi connectivity index (χ4v) is 0.371. The molecule has 0 atom stereocenters. The topological polar surface area (TPSA) is 26.0 Å². The Kier molecular flexibility index (Phi) is 5.25. The van der Waals surface area contributed by atoms with E-state index in [1.807, 2.05) is 0 Å². The van der Waals surface area contributed by atoms with Crippen LogP contribution in [0.3, 0.4) is 0 Å². The van der Waals surface area contributed by atoms with Crippen LogP contribution in [0, 0.1) is 12.3 Å². The minimum Gasteiger partial charge on any atom is -0.331 e. The first-order chi connectivity index (χ1) is 3.41. The lowest BCUT2D eigenvalue weighted by Gasteiger charge is -1.83. The van der Waals surface area contributed by atoms with Crippen LogP contribution in [0.1, 0.15) is 0 Å². The van der Waals surface area contributed by atoms with Crippen LogP contribution in [-0.2, 0) is 0 Å². The fraction of sp³-hybridized carbons (Fsp3) is 0.600. The van der Waals surface area contributed by atoms with Gasteiger partial charge in [-0.2, -0.15) is 0 Å². The zero-order chi connectivity index (χ0) is 5.54. The van der Waals surface area contributed by atoms with Gasteiger partial charge in [0.2, 0.25) is 0 Å². The smallest absolute Gasteiger partial charge is 0.136 e. The largest absolute Gasteiger partial charge is 0.331 e. The zero-order valence-corrected chi connectivity index (χ0v) is 4.48. The second kappa shape index (κ2) is 5.58. The molecule has 0 amide bonds. The molecule has 0 unspecified atom stereocenters. The Morgan fingerprint density at radius 3 is 2.86 bits per heavy atom. The van der Waals surface area contributed by atoms with E-state index in [9.17, 15) is 0 Å². The maximum absolute atomic E-state index is 5.20. The number of hydrogen-bond acceptors (Lipinski definition) is 1. The summed E-state index contributed by atoms with van der Waals surface area (Å²) in [6.07, 6.45) is 6.91. The van der Waals surface area contributed by atoms with Gasteiger partial charge < -0.3 is 5.73 Å². The molecule has 0 aliphatic carbocycles. The highest BCUT2D eigenvalue weighted by Crippen LogP contribution is 1.77. The van der Waals surface area contributed by atoms with Crippen molar-refractivity contribution in [2.45, 2.75) is 12.6 Å². The molecule has 0 spiro atoms. The maximum atomic E-state index is 5.20. The zero-order valence-electron chi connectivity index (χ0n) is 4.48. The molecule has 0 aromatic heterocycles. The third kappa shape index (κ3) is 5.58. The van der Waals surface area contributed by atoms with Crippen molar-refractivity contribution in [3.05, 3.63) is 0 Å². The monoisotopic (exact) mass is 95.1 g/mol. The van der Waals surface area contributed by atoms with Gasteiger partial charge in [-0.1, -0.05) is 6.32 Å². The van der Waals surface area contributed by atoms with Crippen LogP contribution in [0.2, 0.25) is 12.6 Å². The Hall–Kier alpha value is -0.415. The molecule has 2 N–H and O–H groups in total. The summed E-state index contributed by atoms with van der Waals surface area (Å²) < 4.78 is 0. The van der Waals surface area contributed by atoms with Crippen molar-refractivity contribution in [3.63, 3.8) is 0 Å². The minimum absolute atomic E-state index is 0.766. The second-order valence-corrected chi connectivity index (χ2v) is 1.45. The minimum atomic E-state index is 0.766. The van der Waals surface area contributed by atoms with Crippen molar-refractivity contribution in [1.82, 2.24) is 0 Å². The molecule has 0 radical (unpaired) electrons. The van der Waals surface area contributed by atoms with Crippen LogP contribution >= 0.6 is 0 Å². The van der Waals surface area contributed by atoms with E-state index in [0.717, 1.165) is 26.5 Å². The lowest BCUT2D eigenvalue weighted by molar-refractivity contribution is 1.12. The molecular formula is C5H10BN. The lowest BCUT2D eigenvalue weighted by Crippen LogP contribution is -2.01. The summed E-state index contributed by atoms with van der Waals surface area (Å²) in [5.41, 5.74) is 5.20. The van der Waals surface area contributed by atoms with Crippen molar-refractivity contribution in [2.75, 3.05) is 6.54 Å². The predicted octanol–water partition coefficient (Wildman–Crippen LogP) is -0.149. The van der Waals surface area contributed by atoms with Crippen LogP contribution < -0.4 is 5.73 Å². The standard InChI is InChI=1S/C5H10BN/c1-2-3-6-4-5-7/h1,6H,3-5,7H2. The molecule has 0 aliphatic heterocycles. The van der Waals surface area contributed by atoms with Crippen LogP contribution in [-0.4, -0.2) is 13.8 Å². The average Bonchev–Trinajstić information content (AvgIpc) is 1.69. The fourth-order valence-electron chi connectivity index (χ4n) is 0.371. The SMILES string of the molecule is C#CCBCCN. The van der Waals surface area contributed by atoms with Crippen molar-refractivity contribution in [3.8, 4) is 12.3 Å². The Balaban J connectivity index is 2.60. The quantitative estimate of drug-likeness (QED) is 0.294. The Labute approximate surface area is 45.5 Å². The van der Waals surface area contributed by atoms with Gasteiger partial charge in [0.1, 0.15) is 7.28 Å². The van der Waals surface area contributed by atoms with Gasteiger partial charge >= 0.3 is 0 Å². The molecule has 0 bridgehead atoms. The van der Waals surface area contributed by atoms with Crippen LogP contribution in [0.5, 0.6) is 0 Å². The van der Waals surface area contributed by atoms with E-state index in [0.29, 0.717) is 0 Å². The molecule has 0 aromatic carbocycles. The third-order valence-electron chi connectivity index (χ3n) is 0.775. The van der Waals surface area contributed by atoms with E-state index in [-0.39, 0.29) is 0 Å². The average molecular weight is 95.0 g/mol. The summed E-state index contributed by atoms with van der Waals surface area (Å²) in [5, 5.41) is 0. The molecule has 7 heavy (non-hydrogen) atoms. The number of nitrogens with two attached hydrogens (primary N) is 1. The molecule has 0 aromatic rings. The van der Waals surface area contributed by atoms with E-state index in [1.165, 1.54) is 0 Å². The van der Waals surface area contributed by atoms with Gasteiger partial charge in [0, 0.05) is 0 Å². The van der Waals surface area contributed by atoms with Crippen LogP contribution in [0.15, 0.2) is 0 Å². The predicted molar refractivity (Wildman–Crippen MR) is 34.7 cm³/mol. The van der Waals surface area contributed by atoms with Crippen LogP contribution in [0.4, 0.5) is 0 Å².